The number of hydrogen-bond donors (Lipinski definition) is 1. The van der Waals surface area contributed by atoms with Crippen molar-refractivity contribution in [1.82, 2.24) is 9.80 Å². The van der Waals surface area contributed by atoms with E-state index >= 15 is 0 Å². The van der Waals surface area contributed by atoms with E-state index in [1.165, 1.54) is 0 Å². The van der Waals surface area contributed by atoms with Crippen molar-refractivity contribution < 1.29 is 4.79 Å². The molecule has 1 aliphatic rings. The minimum absolute atomic E-state index is 0.119. The quantitative estimate of drug-likeness (QED) is 0.864. The molecule has 0 aliphatic carbocycles. The van der Waals surface area contributed by atoms with E-state index in [2.05, 4.69) is 36.0 Å². The van der Waals surface area contributed by atoms with Crippen molar-refractivity contribution in [3.63, 3.8) is 0 Å². The molecule has 4 nitrogen and oxygen atoms in total. The molecule has 23 heavy (non-hydrogen) atoms. The van der Waals surface area contributed by atoms with Gasteiger partial charge in [0.05, 0.1) is 22.3 Å². The first-order chi connectivity index (χ1) is 10.8. The van der Waals surface area contributed by atoms with Crippen molar-refractivity contribution in [1.29, 1.82) is 0 Å². The number of anilines is 1. The number of carbonyl (C=O) groups is 1. The second-order valence-corrected chi connectivity index (χ2v) is 7.59. The van der Waals surface area contributed by atoms with Gasteiger partial charge in [-0.25, -0.2) is 0 Å². The summed E-state index contributed by atoms with van der Waals surface area (Å²) in [5, 5.41) is 3.93. The first-order valence-corrected chi connectivity index (χ1v) is 8.78. The van der Waals surface area contributed by atoms with Gasteiger partial charge in [0.2, 0.25) is 5.91 Å². The smallest absolute Gasteiger partial charge is 0.238 e. The van der Waals surface area contributed by atoms with Crippen molar-refractivity contribution in [3.8, 4) is 0 Å². The zero-order valence-corrected chi connectivity index (χ0v) is 15.8. The maximum absolute atomic E-state index is 12.4. The molecule has 1 amide bonds. The number of likely N-dealkylation sites (N-methyl/N-ethyl adjacent to an activating group) is 1. The first kappa shape index (κ1) is 18.8. The van der Waals surface area contributed by atoms with E-state index in [9.17, 15) is 4.79 Å². The maximum atomic E-state index is 12.4. The van der Waals surface area contributed by atoms with Crippen LogP contribution in [0.3, 0.4) is 0 Å². The molecule has 1 aromatic carbocycles. The monoisotopic (exact) mass is 377 g/mol. The third-order valence-electron chi connectivity index (χ3n) is 4.12. The molecule has 0 unspecified atom stereocenters. The summed E-state index contributed by atoms with van der Waals surface area (Å²) in [4.78, 5) is 16.9. The highest BCUT2D eigenvalue weighted by molar-refractivity contribution is 6.42. The van der Waals surface area contributed by atoms with E-state index in [1.807, 2.05) is 0 Å². The Morgan fingerprint density at radius 1 is 1.26 bits per heavy atom. The third kappa shape index (κ3) is 4.97. The van der Waals surface area contributed by atoms with Gasteiger partial charge in [-0.1, -0.05) is 48.7 Å². The molecule has 0 bridgehead atoms. The van der Waals surface area contributed by atoms with E-state index < -0.39 is 0 Å². The van der Waals surface area contributed by atoms with Crippen molar-refractivity contribution in [2.75, 3.05) is 38.5 Å². The van der Waals surface area contributed by atoms with Gasteiger partial charge in [0.15, 0.2) is 0 Å². The molecule has 1 aliphatic heterocycles. The fraction of sp³-hybridized carbons (Fsp3) is 0.562. The minimum atomic E-state index is -0.119. The second kappa shape index (κ2) is 8.04. The molecule has 1 saturated heterocycles. The van der Waals surface area contributed by atoms with Crippen LogP contribution in [0.2, 0.25) is 15.1 Å². The Bertz CT molecular complexity index is 557. The number of halogens is 3. The fourth-order valence-electron chi connectivity index (χ4n) is 2.84. The lowest BCUT2D eigenvalue weighted by Gasteiger charge is -2.41. The predicted molar refractivity (Wildman–Crippen MR) is 97.8 cm³/mol. The number of amides is 1. The Kier molecular flexibility index (Phi) is 6.57. The number of carbonyl (C=O) groups excluding carboxylic acids is 1. The zero-order valence-electron chi connectivity index (χ0n) is 13.6. The van der Waals surface area contributed by atoms with Crippen LogP contribution >= 0.6 is 34.8 Å². The summed E-state index contributed by atoms with van der Waals surface area (Å²) in [7, 11) is 2.11. The van der Waals surface area contributed by atoms with Crippen LogP contribution in [-0.2, 0) is 4.79 Å². The molecule has 0 aromatic heterocycles. The van der Waals surface area contributed by atoms with Crippen molar-refractivity contribution >= 4 is 46.4 Å². The molecular formula is C16H22Cl3N3O. The number of nitrogens with zero attached hydrogens (tertiary/aromatic N) is 2. The molecule has 128 valence electrons. The number of benzene rings is 1. The number of rotatable bonds is 4. The van der Waals surface area contributed by atoms with Crippen LogP contribution in [0.15, 0.2) is 12.1 Å². The summed E-state index contributed by atoms with van der Waals surface area (Å²) in [6.45, 7) is 7.48. The standard InChI is InChI=1S/C16H22Cl3N3O/c1-10(2)14-8-21(3)4-5-22(14)9-15(23)20-16-12(18)6-11(17)7-13(16)19/h6-7,10,14H,4-5,8-9H2,1-3H3,(H,20,23)/t14-/m1/s1. The molecule has 1 fully saturated rings. The van der Waals surface area contributed by atoms with Gasteiger partial charge in [0.1, 0.15) is 0 Å². The van der Waals surface area contributed by atoms with Crippen molar-refractivity contribution in [2.45, 2.75) is 19.9 Å². The average molecular weight is 379 g/mol. The Balaban J connectivity index is 2.04. The van der Waals surface area contributed by atoms with Gasteiger partial charge in [0, 0.05) is 30.7 Å². The van der Waals surface area contributed by atoms with E-state index in [4.69, 9.17) is 34.8 Å². The first-order valence-electron chi connectivity index (χ1n) is 7.65. The van der Waals surface area contributed by atoms with Crippen molar-refractivity contribution in [2.24, 2.45) is 5.92 Å². The second-order valence-electron chi connectivity index (χ2n) is 6.34. The molecule has 1 N–H and O–H groups in total. The minimum Gasteiger partial charge on any atom is -0.322 e. The van der Waals surface area contributed by atoms with Gasteiger partial charge in [-0.05, 0) is 25.1 Å². The van der Waals surface area contributed by atoms with E-state index in [1.54, 1.807) is 12.1 Å². The van der Waals surface area contributed by atoms with Crippen LogP contribution in [0.25, 0.3) is 0 Å². The summed E-state index contributed by atoms with van der Waals surface area (Å²) in [5.41, 5.74) is 0.415. The summed E-state index contributed by atoms with van der Waals surface area (Å²) in [5.74, 6) is 0.361. The molecule has 0 saturated carbocycles. The SMILES string of the molecule is CC(C)[C@H]1CN(C)CCN1CC(=O)Nc1c(Cl)cc(Cl)cc1Cl. The average Bonchev–Trinajstić information content (AvgIpc) is 2.44. The number of hydrogen-bond acceptors (Lipinski definition) is 3. The van der Waals surface area contributed by atoms with Gasteiger partial charge >= 0.3 is 0 Å². The fourth-order valence-corrected chi connectivity index (χ4v) is 3.76. The summed E-state index contributed by atoms with van der Waals surface area (Å²) in [6.07, 6.45) is 0. The van der Waals surface area contributed by atoms with E-state index in [-0.39, 0.29) is 5.91 Å². The Morgan fingerprint density at radius 3 is 2.43 bits per heavy atom. The highest BCUT2D eigenvalue weighted by atomic mass is 35.5. The lowest BCUT2D eigenvalue weighted by atomic mass is 10.00. The van der Waals surface area contributed by atoms with Gasteiger partial charge in [-0.2, -0.15) is 0 Å². The summed E-state index contributed by atoms with van der Waals surface area (Å²) < 4.78 is 0. The third-order valence-corrected chi connectivity index (χ3v) is 4.94. The molecule has 1 atom stereocenters. The molecule has 1 aromatic rings. The van der Waals surface area contributed by atoms with Gasteiger partial charge in [-0.15, -0.1) is 0 Å². The van der Waals surface area contributed by atoms with Crippen LogP contribution in [0.1, 0.15) is 13.8 Å². The lowest BCUT2D eigenvalue weighted by molar-refractivity contribution is -0.118. The van der Waals surface area contributed by atoms with E-state index in [0.29, 0.717) is 39.3 Å². The predicted octanol–water partition coefficient (Wildman–Crippen LogP) is 3.86. The van der Waals surface area contributed by atoms with Crippen LogP contribution in [0.4, 0.5) is 5.69 Å². The summed E-state index contributed by atoms with van der Waals surface area (Å²) in [6, 6.07) is 3.49. The molecule has 2 rings (SSSR count). The molecule has 0 radical (unpaired) electrons. The van der Waals surface area contributed by atoms with Crippen LogP contribution in [-0.4, -0.2) is 55.0 Å². The van der Waals surface area contributed by atoms with Crippen LogP contribution in [0.5, 0.6) is 0 Å². The Hall–Kier alpha value is -0.520. The number of piperazine rings is 1. The topological polar surface area (TPSA) is 35.6 Å². The maximum Gasteiger partial charge on any atom is 0.238 e. The molecule has 1 heterocycles. The van der Waals surface area contributed by atoms with Crippen LogP contribution in [0, 0.1) is 5.92 Å². The number of nitrogens with one attached hydrogen (secondary N) is 1. The lowest BCUT2D eigenvalue weighted by Crippen LogP contribution is -2.55. The molecule has 7 heteroatoms. The van der Waals surface area contributed by atoms with Crippen LogP contribution < -0.4 is 5.32 Å². The van der Waals surface area contributed by atoms with E-state index in [0.717, 1.165) is 19.6 Å². The van der Waals surface area contributed by atoms with Gasteiger partial charge in [0.25, 0.3) is 0 Å². The largest absolute Gasteiger partial charge is 0.322 e. The zero-order chi connectivity index (χ0) is 17.1. The highest BCUT2D eigenvalue weighted by Crippen LogP contribution is 2.33. The van der Waals surface area contributed by atoms with Gasteiger partial charge < -0.3 is 10.2 Å². The molecular weight excluding hydrogens is 357 g/mol. The normalized spacial score (nSPS) is 20.0. The Morgan fingerprint density at radius 2 is 1.87 bits per heavy atom. The summed E-state index contributed by atoms with van der Waals surface area (Å²) >= 11 is 18.1. The van der Waals surface area contributed by atoms with Gasteiger partial charge in [-0.3, -0.25) is 9.69 Å². The highest BCUT2D eigenvalue weighted by Gasteiger charge is 2.29. The molecule has 0 spiro atoms. The van der Waals surface area contributed by atoms with Crippen molar-refractivity contribution in [3.05, 3.63) is 27.2 Å². The Labute approximate surface area is 152 Å².